The summed E-state index contributed by atoms with van der Waals surface area (Å²) in [7, 11) is 0. The Labute approximate surface area is 91.3 Å². The standard InChI is InChI=1S/C11H9ClOS/c1-2-7-3-4-9-8(5-7)6-10(14-9)11(12)13/h3-6H,2H2,1H3. The minimum absolute atomic E-state index is 0.371. The Bertz CT molecular complexity index is 487. The number of carbonyl (C=O) groups excluding carboxylic acids is 1. The van der Waals surface area contributed by atoms with Crippen molar-refractivity contribution in [2.45, 2.75) is 13.3 Å². The zero-order valence-corrected chi connectivity index (χ0v) is 9.28. The highest BCUT2D eigenvalue weighted by molar-refractivity contribution is 7.22. The molecule has 1 aromatic heterocycles. The van der Waals surface area contributed by atoms with Crippen LogP contribution in [-0.4, -0.2) is 5.24 Å². The molecule has 2 aromatic rings. The molecule has 0 amide bonds. The van der Waals surface area contributed by atoms with Crippen molar-refractivity contribution in [3.8, 4) is 0 Å². The first-order valence-corrected chi connectivity index (χ1v) is 5.62. The van der Waals surface area contributed by atoms with Crippen LogP contribution in [0.15, 0.2) is 24.3 Å². The van der Waals surface area contributed by atoms with Crippen LogP contribution in [0.5, 0.6) is 0 Å². The first kappa shape index (κ1) is 9.69. The van der Waals surface area contributed by atoms with Crippen LogP contribution in [0.1, 0.15) is 22.2 Å². The van der Waals surface area contributed by atoms with E-state index in [0.29, 0.717) is 4.88 Å². The summed E-state index contributed by atoms with van der Waals surface area (Å²) in [5.74, 6) is 0. The van der Waals surface area contributed by atoms with Crippen molar-refractivity contribution in [2.24, 2.45) is 0 Å². The van der Waals surface area contributed by atoms with Gasteiger partial charge in [-0.25, -0.2) is 0 Å². The number of thiophene rings is 1. The molecule has 2 rings (SSSR count). The number of halogens is 1. The van der Waals surface area contributed by atoms with Crippen LogP contribution in [0.25, 0.3) is 10.1 Å². The van der Waals surface area contributed by atoms with Gasteiger partial charge in [0.1, 0.15) is 0 Å². The summed E-state index contributed by atoms with van der Waals surface area (Å²) < 4.78 is 1.12. The summed E-state index contributed by atoms with van der Waals surface area (Å²) in [6.45, 7) is 2.11. The van der Waals surface area contributed by atoms with E-state index in [1.54, 1.807) is 0 Å². The van der Waals surface area contributed by atoms with E-state index in [2.05, 4.69) is 19.1 Å². The fourth-order valence-electron chi connectivity index (χ4n) is 1.41. The fraction of sp³-hybridized carbons (Fsp3) is 0.182. The molecule has 0 N–H and O–H groups in total. The second-order valence-electron chi connectivity index (χ2n) is 3.11. The van der Waals surface area contributed by atoms with Crippen LogP contribution in [0, 0.1) is 0 Å². The van der Waals surface area contributed by atoms with Gasteiger partial charge in [-0.1, -0.05) is 19.1 Å². The summed E-state index contributed by atoms with van der Waals surface area (Å²) in [5, 5.41) is 0.739. The Kier molecular flexibility index (Phi) is 2.57. The second kappa shape index (κ2) is 3.71. The molecule has 1 aromatic carbocycles. The average Bonchev–Trinajstić information content (AvgIpc) is 2.59. The van der Waals surface area contributed by atoms with Gasteiger partial charge in [-0.2, -0.15) is 0 Å². The van der Waals surface area contributed by atoms with Gasteiger partial charge in [0.25, 0.3) is 5.24 Å². The van der Waals surface area contributed by atoms with Gasteiger partial charge < -0.3 is 0 Å². The average molecular weight is 225 g/mol. The normalized spacial score (nSPS) is 10.7. The lowest BCUT2D eigenvalue weighted by molar-refractivity contribution is 0.108. The quantitative estimate of drug-likeness (QED) is 0.709. The maximum absolute atomic E-state index is 10.9. The number of hydrogen-bond donors (Lipinski definition) is 0. The second-order valence-corrected chi connectivity index (χ2v) is 4.54. The van der Waals surface area contributed by atoms with Gasteiger partial charge in [0.2, 0.25) is 0 Å². The van der Waals surface area contributed by atoms with Crippen molar-refractivity contribution in [2.75, 3.05) is 0 Å². The lowest BCUT2D eigenvalue weighted by atomic mass is 10.1. The predicted octanol–water partition coefficient (Wildman–Crippen LogP) is 3.84. The summed E-state index contributed by atoms with van der Waals surface area (Å²) in [5.41, 5.74) is 1.28. The molecule has 1 nitrogen and oxygen atoms in total. The molecular formula is C11H9ClOS. The van der Waals surface area contributed by atoms with Crippen molar-refractivity contribution in [3.63, 3.8) is 0 Å². The van der Waals surface area contributed by atoms with E-state index in [0.717, 1.165) is 16.5 Å². The molecule has 0 unspecified atom stereocenters. The fourth-order valence-corrected chi connectivity index (χ4v) is 2.45. The molecule has 0 fully saturated rings. The highest BCUT2D eigenvalue weighted by Gasteiger charge is 2.07. The van der Waals surface area contributed by atoms with Gasteiger partial charge in [0, 0.05) is 4.70 Å². The number of fused-ring (bicyclic) bond motifs is 1. The number of hydrogen-bond acceptors (Lipinski definition) is 2. The summed E-state index contributed by atoms with van der Waals surface area (Å²) >= 11 is 6.86. The van der Waals surface area contributed by atoms with Gasteiger partial charge >= 0.3 is 0 Å². The Morgan fingerprint density at radius 3 is 2.86 bits per heavy atom. The third-order valence-corrected chi connectivity index (χ3v) is 3.61. The predicted molar refractivity (Wildman–Crippen MR) is 61.4 cm³/mol. The largest absolute Gasteiger partial charge is 0.275 e. The molecule has 72 valence electrons. The number of aryl methyl sites for hydroxylation is 1. The first-order valence-electron chi connectivity index (χ1n) is 4.43. The van der Waals surface area contributed by atoms with E-state index in [1.165, 1.54) is 16.9 Å². The van der Waals surface area contributed by atoms with Gasteiger partial charge in [-0.15, -0.1) is 11.3 Å². The van der Waals surface area contributed by atoms with Crippen molar-refractivity contribution < 1.29 is 4.79 Å². The lowest BCUT2D eigenvalue weighted by Crippen LogP contribution is -1.79. The van der Waals surface area contributed by atoms with Crippen molar-refractivity contribution >= 4 is 38.3 Å². The molecule has 1 heterocycles. The van der Waals surface area contributed by atoms with Crippen LogP contribution in [0.3, 0.4) is 0 Å². The van der Waals surface area contributed by atoms with E-state index < -0.39 is 0 Å². The monoisotopic (exact) mass is 224 g/mol. The Balaban J connectivity index is 2.60. The minimum Gasteiger partial charge on any atom is -0.275 e. The van der Waals surface area contributed by atoms with E-state index in [4.69, 9.17) is 11.6 Å². The summed E-state index contributed by atoms with van der Waals surface area (Å²) in [4.78, 5) is 11.6. The molecule has 0 saturated heterocycles. The molecule has 0 bridgehead atoms. The molecule has 0 atom stereocenters. The lowest BCUT2D eigenvalue weighted by Gasteiger charge is -1.94. The number of carbonyl (C=O) groups is 1. The smallest absolute Gasteiger partial charge is 0.262 e. The van der Waals surface area contributed by atoms with Crippen LogP contribution < -0.4 is 0 Å². The molecule has 0 aliphatic heterocycles. The number of benzene rings is 1. The van der Waals surface area contributed by atoms with E-state index in [-0.39, 0.29) is 5.24 Å². The van der Waals surface area contributed by atoms with Gasteiger partial charge in [-0.3, -0.25) is 4.79 Å². The van der Waals surface area contributed by atoms with E-state index >= 15 is 0 Å². The zero-order valence-electron chi connectivity index (χ0n) is 7.71. The highest BCUT2D eigenvalue weighted by Crippen LogP contribution is 2.27. The molecular weight excluding hydrogens is 216 g/mol. The van der Waals surface area contributed by atoms with Crippen LogP contribution in [-0.2, 0) is 6.42 Å². The van der Waals surface area contributed by atoms with E-state index in [1.807, 2.05) is 12.1 Å². The van der Waals surface area contributed by atoms with Gasteiger partial charge in [0.15, 0.2) is 0 Å². The molecule has 0 aliphatic carbocycles. The van der Waals surface area contributed by atoms with Crippen molar-refractivity contribution in [3.05, 3.63) is 34.7 Å². The Morgan fingerprint density at radius 2 is 2.21 bits per heavy atom. The van der Waals surface area contributed by atoms with Gasteiger partial charge in [-0.05, 0) is 41.1 Å². The zero-order chi connectivity index (χ0) is 10.1. The molecule has 0 radical (unpaired) electrons. The molecule has 0 saturated carbocycles. The van der Waals surface area contributed by atoms with Crippen molar-refractivity contribution in [1.82, 2.24) is 0 Å². The van der Waals surface area contributed by atoms with Crippen LogP contribution in [0.4, 0.5) is 0 Å². The Morgan fingerprint density at radius 1 is 1.43 bits per heavy atom. The Hall–Kier alpha value is -0.860. The first-order chi connectivity index (χ1) is 6.70. The van der Waals surface area contributed by atoms with Crippen LogP contribution in [0.2, 0.25) is 0 Å². The maximum atomic E-state index is 10.9. The highest BCUT2D eigenvalue weighted by atomic mass is 35.5. The van der Waals surface area contributed by atoms with E-state index in [9.17, 15) is 4.79 Å². The molecule has 14 heavy (non-hydrogen) atoms. The summed E-state index contributed by atoms with van der Waals surface area (Å²) in [6.07, 6.45) is 1.01. The molecule has 0 aliphatic rings. The van der Waals surface area contributed by atoms with Gasteiger partial charge in [0.05, 0.1) is 4.88 Å². The third-order valence-electron chi connectivity index (χ3n) is 2.18. The van der Waals surface area contributed by atoms with Crippen molar-refractivity contribution in [1.29, 1.82) is 0 Å². The topological polar surface area (TPSA) is 17.1 Å². The number of rotatable bonds is 2. The molecule has 3 heteroatoms. The van der Waals surface area contributed by atoms with Crippen LogP contribution >= 0.6 is 22.9 Å². The SMILES string of the molecule is CCc1ccc2sc(C(=O)Cl)cc2c1. The maximum Gasteiger partial charge on any atom is 0.262 e. The minimum atomic E-state index is -0.371. The summed E-state index contributed by atoms with van der Waals surface area (Å²) in [6, 6.07) is 8.09. The molecule has 0 spiro atoms. The third kappa shape index (κ3) is 1.68.